The van der Waals surface area contributed by atoms with Crippen molar-refractivity contribution < 1.29 is 22.8 Å². The van der Waals surface area contributed by atoms with Crippen LogP contribution in [-0.4, -0.2) is 57.6 Å². The van der Waals surface area contributed by atoms with Crippen molar-refractivity contribution in [1.29, 1.82) is 0 Å². The first kappa shape index (κ1) is 23.5. The van der Waals surface area contributed by atoms with E-state index in [0.717, 1.165) is 16.4 Å². The number of carbonyl (C=O) groups excluding carboxylic acids is 2. The summed E-state index contributed by atoms with van der Waals surface area (Å²) in [4.78, 5) is 27.8. The molecule has 0 aliphatic carbocycles. The van der Waals surface area contributed by atoms with Crippen molar-refractivity contribution >= 4 is 11.8 Å². The average molecular weight is 471 g/mol. The summed E-state index contributed by atoms with van der Waals surface area (Å²) in [7, 11) is 0. The first-order valence-electron chi connectivity index (χ1n) is 10.8. The largest absolute Gasteiger partial charge is 0.434 e. The minimum atomic E-state index is -4.75. The molecule has 0 unspecified atom stereocenters. The van der Waals surface area contributed by atoms with Crippen LogP contribution in [0.3, 0.4) is 0 Å². The molecule has 34 heavy (non-hydrogen) atoms. The number of hydrogen-bond acceptors (Lipinski definition) is 4. The molecule has 2 N–H and O–H groups in total. The lowest BCUT2D eigenvalue weighted by molar-refractivity contribution is -0.143. The van der Waals surface area contributed by atoms with Crippen LogP contribution in [0.5, 0.6) is 0 Å². The number of amides is 2. The third kappa shape index (κ3) is 4.81. The number of benzene rings is 2. The number of primary amides is 1. The van der Waals surface area contributed by atoms with Crippen LogP contribution in [0.1, 0.15) is 37.5 Å². The van der Waals surface area contributed by atoms with Gasteiger partial charge in [0.2, 0.25) is 5.91 Å². The number of alkyl halides is 3. The van der Waals surface area contributed by atoms with Crippen LogP contribution < -0.4 is 5.73 Å². The molecule has 2 heterocycles. The number of carbonyl (C=O) groups is 2. The molecule has 1 aliphatic rings. The number of aryl methyl sites for hydroxylation is 1. The molecule has 1 fully saturated rings. The van der Waals surface area contributed by atoms with Gasteiger partial charge in [0, 0.05) is 38.3 Å². The molecule has 7 nitrogen and oxygen atoms in total. The normalized spacial score (nSPS) is 14.9. The molecule has 0 bridgehead atoms. The van der Waals surface area contributed by atoms with Gasteiger partial charge in [0.15, 0.2) is 5.69 Å². The van der Waals surface area contributed by atoms with Crippen LogP contribution in [0.4, 0.5) is 13.2 Å². The van der Waals surface area contributed by atoms with Gasteiger partial charge in [0.25, 0.3) is 5.91 Å². The molecule has 0 saturated carbocycles. The first-order valence-corrected chi connectivity index (χ1v) is 10.8. The Kier molecular flexibility index (Phi) is 6.43. The molecule has 10 heteroatoms. The predicted octanol–water partition coefficient (Wildman–Crippen LogP) is 3.26. The lowest BCUT2D eigenvalue weighted by atomic mass is 10.1. The van der Waals surface area contributed by atoms with Crippen molar-refractivity contribution in [2.24, 2.45) is 5.73 Å². The molecule has 1 aromatic heterocycles. The summed E-state index contributed by atoms with van der Waals surface area (Å²) in [6.07, 6.45) is -3.74. The first-order chi connectivity index (χ1) is 16.1. The fourth-order valence-corrected chi connectivity index (χ4v) is 4.07. The monoisotopic (exact) mass is 471 g/mol. The molecular weight excluding hydrogens is 447 g/mol. The molecule has 0 spiro atoms. The number of hydrogen-bond donors (Lipinski definition) is 1. The van der Waals surface area contributed by atoms with Crippen LogP contribution in [0.15, 0.2) is 54.7 Å². The lowest BCUT2D eigenvalue weighted by Crippen LogP contribution is -2.48. The van der Waals surface area contributed by atoms with Crippen LogP contribution in [0.25, 0.3) is 5.69 Å². The summed E-state index contributed by atoms with van der Waals surface area (Å²) in [5.74, 6) is -1.18. The van der Waals surface area contributed by atoms with E-state index < -0.39 is 29.2 Å². The predicted molar refractivity (Wildman–Crippen MR) is 119 cm³/mol. The van der Waals surface area contributed by atoms with E-state index >= 15 is 0 Å². The molecule has 0 radical (unpaired) electrons. The van der Waals surface area contributed by atoms with Gasteiger partial charge in [0.05, 0.1) is 17.4 Å². The van der Waals surface area contributed by atoms with Gasteiger partial charge in [-0.25, -0.2) is 4.68 Å². The maximum Gasteiger partial charge on any atom is 0.434 e. The lowest BCUT2D eigenvalue weighted by Gasteiger charge is -2.34. The Hall–Kier alpha value is -3.66. The second kappa shape index (κ2) is 9.30. The van der Waals surface area contributed by atoms with Gasteiger partial charge in [0.1, 0.15) is 0 Å². The highest BCUT2D eigenvalue weighted by Gasteiger charge is 2.42. The minimum absolute atomic E-state index is 0.279. The zero-order chi connectivity index (χ0) is 24.5. The molecule has 4 rings (SSSR count). The topological polar surface area (TPSA) is 84.5 Å². The van der Waals surface area contributed by atoms with Gasteiger partial charge in [-0.1, -0.05) is 30.3 Å². The van der Waals surface area contributed by atoms with Crippen molar-refractivity contribution in [3.05, 3.63) is 82.7 Å². The van der Waals surface area contributed by atoms with Crippen LogP contribution in [-0.2, 0) is 12.7 Å². The zero-order valence-electron chi connectivity index (χ0n) is 18.5. The third-order valence-electron chi connectivity index (χ3n) is 5.92. The Labute approximate surface area is 194 Å². The Morgan fingerprint density at radius 3 is 2.24 bits per heavy atom. The number of rotatable bonds is 5. The van der Waals surface area contributed by atoms with E-state index in [1.165, 1.54) is 4.90 Å². The standard InChI is InChI=1S/C24H24F3N5O2/c1-16-4-2-3-5-20(16)32-21(24(25,26)27)19(14-29-32)23(34)31-12-10-30(11-13-31)15-17-6-8-18(9-7-17)22(28)33/h2-9,14H,10-13,15H2,1H3,(H2,28,33). The summed E-state index contributed by atoms with van der Waals surface area (Å²) in [6.45, 7) is 3.91. The Balaban J connectivity index is 1.48. The summed E-state index contributed by atoms with van der Waals surface area (Å²) >= 11 is 0. The second-order valence-electron chi connectivity index (χ2n) is 8.23. The molecule has 178 valence electrons. The van der Waals surface area contributed by atoms with Gasteiger partial charge in [-0.2, -0.15) is 18.3 Å². The van der Waals surface area contributed by atoms with Crippen molar-refractivity contribution in [1.82, 2.24) is 19.6 Å². The Morgan fingerprint density at radius 1 is 1.00 bits per heavy atom. The number of nitrogens with two attached hydrogens (primary N) is 1. The van der Waals surface area contributed by atoms with E-state index in [4.69, 9.17) is 5.73 Å². The maximum atomic E-state index is 14.0. The van der Waals surface area contributed by atoms with E-state index in [9.17, 15) is 22.8 Å². The van der Waals surface area contributed by atoms with E-state index in [0.29, 0.717) is 43.9 Å². The highest BCUT2D eigenvalue weighted by molar-refractivity contribution is 5.95. The molecule has 0 atom stereocenters. The van der Waals surface area contributed by atoms with Gasteiger partial charge in [-0.05, 0) is 36.2 Å². The Morgan fingerprint density at radius 2 is 1.65 bits per heavy atom. The molecular formula is C24H24F3N5O2. The summed E-state index contributed by atoms with van der Waals surface area (Å²) in [5, 5.41) is 3.93. The maximum absolute atomic E-state index is 14.0. The molecule has 3 aromatic rings. The zero-order valence-corrected chi connectivity index (χ0v) is 18.5. The van der Waals surface area contributed by atoms with Crippen molar-refractivity contribution in [2.45, 2.75) is 19.6 Å². The van der Waals surface area contributed by atoms with E-state index in [-0.39, 0.29) is 5.69 Å². The third-order valence-corrected chi connectivity index (χ3v) is 5.92. The smallest absolute Gasteiger partial charge is 0.366 e. The van der Waals surface area contributed by atoms with Gasteiger partial charge >= 0.3 is 6.18 Å². The van der Waals surface area contributed by atoms with E-state index in [2.05, 4.69) is 10.00 Å². The van der Waals surface area contributed by atoms with Crippen molar-refractivity contribution in [2.75, 3.05) is 26.2 Å². The highest BCUT2D eigenvalue weighted by atomic mass is 19.4. The molecule has 2 aromatic carbocycles. The van der Waals surface area contributed by atoms with Crippen LogP contribution in [0.2, 0.25) is 0 Å². The summed E-state index contributed by atoms with van der Waals surface area (Å²) in [6, 6.07) is 13.5. The van der Waals surface area contributed by atoms with Crippen LogP contribution in [0, 0.1) is 6.92 Å². The summed E-state index contributed by atoms with van der Waals surface area (Å²) < 4.78 is 42.8. The number of para-hydroxylation sites is 1. The number of aromatic nitrogens is 2. The highest BCUT2D eigenvalue weighted by Crippen LogP contribution is 2.35. The fourth-order valence-electron chi connectivity index (χ4n) is 4.07. The molecule has 1 saturated heterocycles. The molecule has 1 aliphatic heterocycles. The van der Waals surface area contributed by atoms with Gasteiger partial charge < -0.3 is 10.6 Å². The van der Waals surface area contributed by atoms with Crippen LogP contribution >= 0.6 is 0 Å². The Bertz CT molecular complexity index is 1200. The number of halogens is 3. The minimum Gasteiger partial charge on any atom is -0.366 e. The SMILES string of the molecule is Cc1ccccc1-n1ncc(C(=O)N2CCN(Cc3ccc(C(N)=O)cc3)CC2)c1C(F)(F)F. The molecule has 2 amide bonds. The van der Waals surface area contributed by atoms with Gasteiger partial charge in [-0.15, -0.1) is 0 Å². The summed E-state index contributed by atoms with van der Waals surface area (Å²) in [5.41, 5.74) is 6.03. The average Bonchev–Trinajstić information content (AvgIpc) is 3.25. The number of piperazine rings is 1. The number of nitrogens with zero attached hydrogens (tertiary/aromatic N) is 4. The van der Waals surface area contributed by atoms with Crippen molar-refractivity contribution in [3.63, 3.8) is 0 Å². The van der Waals surface area contributed by atoms with Crippen molar-refractivity contribution in [3.8, 4) is 5.69 Å². The van der Waals surface area contributed by atoms with E-state index in [1.807, 2.05) is 12.1 Å². The van der Waals surface area contributed by atoms with E-state index in [1.54, 1.807) is 43.3 Å². The fraction of sp³-hybridized carbons (Fsp3) is 0.292. The second-order valence-corrected chi connectivity index (χ2v) is 8.23. The quantitative estimate of drug-likeness (QED) is 0.619. The van der Waals surface area contributed by atoms with Gasteiger partial charge in [-0.3, -0.25) is 14.5 Å².